The number of carbonyl (C=O) groups excluding carboxylic acids is 1. The van der Waals surface area contributed by atoms with E-state index in [1.165, 1.54) is 6.92 Å². The van der Waals surface area contributed by atoms with Crippen molar-refractivity contribution in [1.82, 2.24) is 4.57 Å². The largest absolute Gasteiger partial charge is 0.427 e. The van der Waals surface area contributed by atoms with Crippen LogP contribution in [0.25, 0.3) is 0 Å². The van der Waals surface area contributed by atoms with Gasteiger partial charge < -0.3 is 9.47 Å². The van der Waals surface area contributed by atoms with Gasteiger partial charge in [-0.3, -0.25) is 4.79 Å². The third-order valence-corrected chi connectivity index (χ3v) is 6.59. The summed E-state index contributed by atoms with van der Waals surface area (Å²) in [6, 6.07) is 18.1. The molecule has 36 heavy (non-hydrogen) atoms. The number of aromatic nitrogens is 2. The highest BCUT2D eigenvalue weighted by molar-refractivity contribution is 6.35. The van der Waals surface area contributed by atoms with Crippen LogP contribution in [-0.4, -0.2) is 10.5 Å². The van der Waals surface area contributed by atoms with Crippen LogP contribution in [0, 0.1) is 0 Å². The second kappa shape index (κ2) is 12.1. The molecular weight excluding hydrogens is 542 g/mol. The molecule has 0 amide bonds. The lowest BCUT2D eigenvalue weighted by molar-refractivity contribution is -0.687. The Morgan fingerprint density at radius 3 is 2.31 bits per heavy atom. The zero-order chi connectivity index (χ0) is 25.7. The Morgan fingerprint density at radius 1 is 0.944 bits per heavy atom. The second-order valence-electron chi connectivity index (χ2n) is 8.22. The van der Waals surface area contributed by atoms with Gasteiger partial charge in [0.2, 0.25) is 6.33 Å². The van der Waals surface area contributed by atoms with Crippen molar-refractivity contribution in [1.29, 1.82) is 0 Å². The highest BCUT2D eigenvalue weighted by Crippen LogP contribution is 2.31. The molecule has 186 valence electrons. The Labute approximate surface area is 229 Å². The lowest BCUT2D eigenvalue weighted by atomic mass is 10.1. The fourth-order valence-corrected chi connectivity index (χ4v) is 4.70. The molecule has 9 heteroatoms. The number of benzene rings is 3. The normalized spacial score (nSPS) is 11.9. The summed E-state index contributed by atoms with van der Waals surface area (Å²) < 4.78 is 15.5. The van der Waals surface area contributed by atoms with E-state index in [9.17, 15) is 4.79 Å². The summed E-state index contributed by atoms with van der Waals surface area (Å²) in [5.74, 6) is 0.180. The average molecular weight is 565 g/mol. The van der Waals surface area contributed by atoms with Gasteiger partial charge in [0.15, 0.2) is 0 Å². The standard InChI is InChI=1S/C27H23Cl4N2O3/c1-18(34)36-23-7-2-19(3-8-23)14-32-10-11-33(17-32)15-27(24-9-6-22(29)13-26(24)31)35-16-20-4-5-21(28)12-25(20)30/h2-13,17,27H,14-16H2,1H3/q+1. The number of hydrogen-bond donors (Lipinski definition) is 0. The maximum atomic E-state index is 11.1. The molecule has 3 aromatic carbocycles. The Morgan fingerprint density at radius 2 is 1.64 bits per heavy atom. The summed E-state index contributed by atoms with van der Waals surface area (Å²) in [4.78, 5) is 11.1. The Hall–Kier alpha value is -2.54. The summed E-state index contributed by atoms with van der Waals surface area (Å²) in [7, 11) is 0. The molecule has 4 rings (SSSR count). The average Bonchev–Trinajstić information content (AvgIpc) is 3.25. The van der Waals surface area contributed by atoms with E-state index < -0.39 is 0 Å². The molecule has 0 radical (unpaired) electrons. The molecule has 1 heterocycles. The van der Waals surface area contributed by atoms with E-state index in [0.717, 1.165) is 16.7 Å². The number of rotatable bonds is 9. The van der Waals surface area contributed by atoms with Crippen molar-refractivity contribution in [2.75, 3.05) is 0 Å². The fraction of sp³-hybridized carbons (Fsp3) is 0.185. The van der Waals surface area contributed by atoms with Gasteiger partial charge in [-0.1, -0.05) is 70.7 Å². The van der Waals surface area contributed by atoms with Crippen molar-refractivity contribution in [2.24, 2.45) is 0 Å². The zero-order valence-electron chi connectivity index (χ0n) is 19.3. The van der Waals surface area contributed by atoms with Crippen LogP contribution in [-0.2, 0) is 29.2 Å². The molecular formula is C27H23Cl4N2O3+. The minimum absolute atomic E-state index is 0.287. The monoisotopic (exact) mass is 563 g/mol. The van der Waals surface area contributed by atoms with Gasteiger partial charge in [-0.2, -0.15) is 0 Å². The molecule has 1 unspecified atom stereocenters. The van der Waals surface area contributed by atoms with E-state index in [1.54, 1.807) is 36.4 Å². The first-order chi connectivity index (χ1) is 17.3. The van der Waals surface area contributed by atoms with Crippen molar-refractivity contribution >= 4 is 52.4 Å². The van der Waals surface area contributed by atoms with Gasteiger partial charge in [0.05, 0.1) is 6.61 Å². The maximum absolute atomic E-state index is 11.1. The van der Waals surface area contributed by atoms with Crippen molar-refractivity contribution in [3.8, 4) is 5.75 Å². The van der Waals surface area contributed by atoms with Gasteiger partial charge in [0, 0.05) is 32.6 Å². The van der Waals surface area contributed by atoms with Gasteiger partial charge in [-0.25, -0.2) is 9.13 Å². The minimum Gasteiger partial charge on any atom is -0.427 e. The van der Waals surface area contributed by atoms with Crippen LogP contribution in [0.2, 0.25) is 20.1 Å². The van der Waals surface area contributed by atoms with Crippen LogP contribution >= 0.6 is 46.4 Å². The van der Waals surface area contributed by atoms with Gasteiger partial charge in [0.25, 0.3) is 0 Å². The molecule has 0 aliphatic carbocycles. The zero-order valence-corrected chi connectivity index (χ0v) is 22.4. The van der Waals surface area contributed by atoms with Gasteiger partial charge in [0.1, 0.15) is 37.3 Å². The first kappa shape index (κ1) is 26.5. The Bertz CT molecular complexity index is 1360. The predicted octanol–water partition coefficient (Wildman–Crippen LogP) is 7.32. The molecule has 4 aromatic rings. The van der Waals surface area contributed by atoms with E-state index in [2.05, 4.69) is 4.57 Å². The predicted molar refractivity (Wildman–Crippen MR) is 142 cm³/mol. The summed E-state index contributed by atoms with van der Waals surface area (Å²) in [6.07, 6.45) is 5.60. The molecule has 0 bridgehead atoms. The van der Waals surface area contributed by atoms with Crippen LogP contribution in [0.1, 0.15) is 29.7 Å². The summed E-state index contributed by atoms with van der Waals surface area (Å²) in [5, 5.41) is 2.20. The highest BCUT2D eigenvalue weighted by Gasteiger charge is 2.21. The number of imidazole rings is 1. The van der Waals surface area contributed by atoms with Crippen molar-refractivity contribution in [2.45, 2.75) is 32.7 Å². The molecule has 0 aliphatic heterocycles. The molecule has 0 saturated carbocycles. The maximum Gasteiger partial charge on any atom is 0.308 e. The first-order valence-electron chi connectivity index (χ1n) is 11.1. The van der Waals surface area contributed by atoms with E-state index in [1.807, 2.05) is 47.6 Å². The number of esters is 1. The Balaban J connectivity index is 1.49. The summed E-state index contributed by atoms with van der Waals surface area (Å²) >= 11 is 25.0. The lowest BCUT2D eigenvalue weighted by Gasteiger charge is -2.19. The molecule has 0 aliphatic rings. The van der Waals surface area contributed by atoms with Gasteiger partial charge in [-0.05, 0) is 47.5 Å². The molecule has 0 fully saturated rings. The van der Waals surface area contributed by atoms with Crippen molar-refractivity contribution < 1.29 is 18.8 Å². The van der Waals surface area contributed by atoms with Crippen LogP contribution in [0.15, 0.2) is 79.4 Å². The fourth-order valence-electron chi connectivity index (χ4n) is 3.70. The Kier molecular flexibility index (Phi) is 8.94. The molecule has 5 nitrogen and oxygen atoms in total. The number of halogens is 4. The molecule has 1 atom stereocenters. The molecule has 0 N–H and O–H groups in total. The lowest BCUT2D eigenvalue weighted by Crippen LogP contribution is -2.31. The third-order valence-electron chi connectivity index (χ3n) is 5.44. The van der Waals surface area contributed by atoms with E-state index in [0.29, 0.717) is 38.9 Å². The minimum atomic E-state index is -0.356. The van der Waals surface area contributed by atoms with Gasteiger partial charge >= 0.3 is 5.97 Å². The summed E-state index contributed by atoms with van der Waals surface area (Å²) in [6.45, 7) is 2.84. The SMILES string of the molecule is CC(=O)Oc1ccc(C[n+]2ccn(CC(OCc3ccc(Cl)cc3Cl)c3ccc(Cl)cc3Cl)c2)cc1. The number of carbonyl (C=O) groups is 1. The topological polar surface area (TPSA) is 44.3 Å². The quantitative estimate of drug-likeness (QED) is 0.121. The molecule has 0 saturated heterocycles. The number of nitrogens with zero attached hydrogens (tertiary/aromatic N) is 2. The van der Waals surface area contributed by atoms with E-state index in [-0.39, 0.29) is 18.7 Å². The van der Waals surface area contributed by atoms with Crippen LogP contribution in [0.5, 0.6) is 5.75 Å². The molecule has 0 spiro atoms. The van der Waals surface area contributed by atoms with E-state index >= 15 is 0 Å². The summed E-state index contributed by atoms with van der Waals surface area (Å²) in [5.41, 5.74) is 2.72. The highest BCUT2D eigenvalue weighted by atomic mass is 35.5. The smallest absolute Gasteiger partial charge is 0.308 e. The number of hydrogen-bond acceptors (Lipinski definition) is 3. The first-order valence-corrected chi connectivity index (χ1v) is 12.6. The van der Waals surface area contributed by atoms with Crippen molar-refractivity contribution in [3.63, 3.8) is 0 Å². The van der Waals surface area contributed by atoms with Gasteiger partial charge in [-0.15, -0.1) is 0 Å². The number of ether oxygens (including phenoxy) is 2. The van der Waals surface area contributed by atoms with Crippen LogP contribution in [0.4, 0.5) is 0 Å². The van der Waals surface area contributed by atoms with Crippen molar-refractivity contribution in [3.05, 3.63) is 116 Å². The van der Waals surface area contributed by atoms with Crippen LogP contribution < -0.4 is 9.30 Å². The van der Waals surface area contributed by atoms with Crippen LogP contribution in [0.3, 0.4) is 0 Å². The third kappa shape index (κ3) is 7.25. The molecule has 1 aromatic heterocycles. The van der Waals surface area contributed by atoms with E-state index in [4.69, 9.17) is 55.9 Å². The second-order valence-corrected chi connectivity index (χ2v) is 9.91.